The molecule has 1 saturated heterocycles. The minimum atomic E-state index is -3.99. The van der Waals surface area contributed by atoms with E-state index in [1.807, 2.05) is 18.2 Å². The lowest BCUT2D eigenvalue weighted by Gasteiger charge is -2.39. The molecule has 6 nitrogen and oxygen atoms in total. The molecule has 9 heteroatoms. The number of sulfonamides is 1. The Hall–Kier alpha value is -3.17. The van der Waals surface area contributed by atoms with Crippen LogP contribution in [0.15, 0.2) is 71.6 Å². The third-order valence-corrected chi connectivity index (χ3v) is 8.12. The number of nitrogens with zero attached hydrogens (tertiary/aromatic N) is 2. The van der Waals surface area contributed by atoms with Crippen molar-refractivity contribution in [2.45, 2.75) is 30.3 Å². The third kappa shape index (κ3) is 5.57. The van der Waals surface area contributed by atoms with Gasteiger partial charge in [0.1, 0.15) is 23.1 Å². The molecule has 0 atom stereocenters. The van der Waals surface area contributed by atoms with E-state index in [2.05, 4.69) is 4.90 Å². The average Bonchev–Trinajstić information content (AvgIpc) is 2.86. The molecule has 4 rings (SSSR count). The Morgan fingerprint density at radius 3 is 2.06 bits per heavy atom. The minimum Gasteiger partial charge on any atom is -0.497 e. The molecule has 35 heavy (non-hydrogen) atoms. The van der Waals surface area contributed by atoms with E-state index < -0.39 is 21.7 Å². The lowest BCUT2D eigenvalue weighted by Crippen LogP contribution is -2.47. The fourth-order valence-corrected chi connectivity index (χ4v) is 6.12. The zero-order valence-electron chi connectivity index (χ0n) is 19.7. The van der Waals surface area contributed by atoms with Gasteiger partial charge in [-0.15, -0.1) is 0 Å². The van der Waals surface area contributed by atoms with E-state index in [1.165, 1.54) is 40.7 Å². The molecular formula is C26H28F2N2O4S. The second-order valence-electron chi connectivity index (χ2n) is 8.42. The SMILES string of the molecule is COc1ccc(OC)c(CN2CCC(N(c3ccc(F)cc3)S(=O)(=O)c3ccc(F)cc3)CC2)c1. The highest BCUT2D eigenvalue weighted by molar-refractivity contribution is 7.92. The van der Waals surface area contributed by atoms with Crippen molar-refractivity contribution < 1.29 is 26.7 Å². The van der Waals surface area contributed by atoms with Gasteiger partial charge >= 0.3 is 0 Å². The first-order chi connectivity index (χ1) is 16.8. The summed E-state index contributed by atoms with van der Waals surface area (Å²) in [5.41, 5.74) is 1.36. The highest BCUT2D eigenvalue weighted by Crippen LogP contribution is 2.32. The van der Waals surface area contributed by atoms with Crippen LogP contribution < -0.4 is 13.8 Å². The molecule has 0 aromatic heterocycles. The zero-order valence-corrected chi connectivity index (χ0v) is 20.5. The molecule has 0 bridgehead atoms. The number of halogens is 2. The van der Waals surface area contributed by atoms with Gasteiger partial charge in [-0.05, 0) is 79.6 Å². The first-order valence-corrected chi connectivity index (χ1v) is 12.7. The highest BCUT2D eigenvalue weighted by atomic mass is 32.2. The fraction of sp³-hybridized carbons (Fsp3) is 0.308. The van der Waals surface area contributed by atoms with Crippen molar-refractivity contribution in [3.63, 3.8) is 0 Å². The molecule has 0 unspecified atom stereocenters. The summed E-state index contributed by atoms with van der Waals surface area (Å²) in [6, 6.07) is 15.5. The van der Waals surface area contributed by atoms with Gasteiger partial charge in [0.15, 0.2) is 0 Å². The highest BCUT2D eigenvalue weighted by Gasteiger charge is 2.34. The molecule has 1 aliphatic heterocycles. The van der Waals surface area contributed by atoms with Crippen molar-refractivity contribution in [1.82, 2.24) is 4.90 Å². The van der Waals surface area contributed by atoms with E-state index >= 15 is 0 Å². The molecule has 0 spiro atoms. The van der Waals surface area contributed by atoms with Crippen LogP contribution in [0.3, 0.4) is 0 Å². The molecule has 3 aromatic rings. The average molecular weight is 503 g/mol. The smallest absolute Gasteiger partial charge is 0.264 e. The number of hydrogen-bond acceptors (Lipinski definition) is 5. The van der Waals surface area contributed by atoms with Gasteiger partial charge in [-0.1, -0.05) is 0 Å². The van der Waals surface area contributed by atoms with E-state index in [9.17, 15) is 17.2 Å². The maximum atomic E-state index is 13.6. The largest absolute Gasteiger partial charge is 0.497 e. The number of likely N-dealkylation sites (tertiary alicyclic amines) is 1. The van der Waals surface area contributed by atoms with E-state index in [1.54, 1.807) is 14.2 Å². The molecule has 3 aromatic carbocycles. The minimum absolute atomic E-state index is 0.00762. The number of ether oxygens (including phenoxy) is 2. The first kappa shape index (κ1) is 24.9. The van der Waals surface area contributed by atoms with E-state index in [0.717, 1.165) is 29.2 Å². The Balaban J connectivity index is 1.56. The van der Waals surface area contributed by atoms with E-state index in [-0.39, 0.29) is 10.9 Å². The molecule has 0 aliphatic carbocycles. The summed E-state index contributed by atoms with van der Waals surface area (Å²) in [7, 11) is -0.753. The quantitative estimate of drug-likeness (QED) is 0.441. The topological polar surface area (TPSA) is 59.1 Å². The van der Waals surface area contributed by atoms with Gasteiger partial charge in [-0.2, -0.15) is 0 Å². The number of piperidine rings is 1. The monoisotopic (exact) mass is 502 g/mol. The molecule has 0 amide bonds. The van der Waals surface area contributed by atoms with Gasteiger partial charge in [0.25, 0.3) is 10.0 Å². The number of anilines is 1. The van der Waals surface area contributed by atoms with Crippen molar-refractivity contribution in [2.24, 2.45) is 0 Å². The van der Waals surface area contributed by atoms with Gasteiger partial charge in [-0.3, -0.25) is 9.21 Å². The number of rotatable bonds is 8. The van der Waals surface area contributed by atoms with Crippen molar-refractivity contribution in [3.05, 3.63) is 83.9 Å². The second-order valence-corrected chi connectivity index (χ2v) is 10.2. The number of benzene rings is 3. The van der Waals surface area contributed by atoms with Gasteiger partial charge in [0, 0.05) is 31.2 Å². The van der Waals surface area contributed by atoms with Crippen LogP contribution in [0.4, 0.5) is 14.5 Å². The zero-order chi connectivity index (χ0) is 25.0. The van der Waals surface area contributed by atoms with Crippen molar-refractivity contribution in [1.29, 1.82) is 0 Å². The predicted molar refractivity (Wildman–Crippen MR) is 130 cm³/mol. The van der Waals surface area contributed by atoms with Crippen molar-refractivity contribution >= 4 is 15.7 Å². The second kappa shape index (κ2) is 10.6. The van der Waals surface area contributed by atoms with Crippen LogP contribution >= 0.6 is 0 Å². The summed E-state index contributed by atoms with van der Waals surface area (Å²) in [6.07, 6.45) is 1.15. The molecule has 0 saturated carbocycles. The normalized spacial score (nSPS) is 15.1. The van der Waals surface area contributed by atoms with Gasteiger partial charge in [-0.25, -0.2) is 17.2 Å². The third-order valence-electron chi connectivity index (χ3n) is 6.22. The molecule has 0 N–H and O–H groups in total. The van der Waals surface area contributed by atoms with Crippen molar-refractivity contribution in [3.8, 4) is 11.5 Å². The molecule has 1 fully saturated rings. The Morgan fingerprint density at radius 2 is 1.49 bits per heavy atom. The number of hydrogen-bond donors (Lipinski definition) is 0. The first-order valence-electron chi connectivity index (χ1n) is 11.3. The fourth-order valence-electron chi connectivity index (χ4n) is 4.41. The maximum absolute atomic E-state index is 13.6. The van der Waals surface area contributed by atoms with Crippen LogP contribution in [-0.2, 0) is 16.6 Å². The van der Waals surface area contributed by atoms with Gasteiger partial charge < -0.3 is 9.47 Å². The Labute approximate surface area is 204 Å². The van der Waals surface area contributed by atoms with Crippen LogP contribution in [0.25, 0.3) is 0 Å². The predicted octanol–water partition coefficient (Wildman–Crippen LogP) is 4.84. The van der Waals surface area contributed by atoms with Gasteiger partial charge in [0.2, 0.25) is 0 Å². The van der Waals surface area contributed by atoms with Crippen LogP contribution in [-0.4, -0.2) is 46.7 Å². The lowest BCUT2D eigenvalue weighted by molar-refractivity contribution is 0.204. The maximum Gasteiger partial charge on any atom is 0.264 e. The summed E-state index contributed by atoms with van der Waals surface area (Å²) in [5.74, 6) is 0.539. The summed E-state index contributed by atoms with van der Waals surface area (Å²) < 4.78 is 66.5. The molecule has 186 valence electrons. The van der Waals surface area contributed by atoms with Crippen LogP contribution in [0.5, 0.6) is 11.5 Å². The van der Waals surface area contributed by atoms with Gasteiger partial charge in [0.05, 0.1) is 24.8 Å². The Bertz CT molecular complexity index is 1240. The molecule has 0 radical (unpaired) electrons. The Kier molecular flexibility index (Phi) is 7.57. The Morgan fingerprint density at radius 1 is 0.886 bits per heavy atom. The molecule has 1 heterocycles. The van der Waals surface area contributed by atoms with E-state index in [0.29, 0.717) is 38.2 Å². The molecule has 1 aliphatic rings. The van der Waals surface area contributed by atoms with Crippen molar-refractivity contribution in [2.75, 3.05) is 31.6 Å². The lowest BCUT2D eigenvalue weighted by atomic mass is 10.0. The molecular weight excluding hydrogens is 474 g/mol. The van der Waals surface area contributed by atoms with Crippen LogP contribution in [0.2, 0.25) is 0 Å². The summed E-state index contributed by atoms with van der Waals surface area (Å²) in [4.78, 5) is 2.23. The summed E-state index contributed by atoms with van der Waals surface area (Å²) >= 11 is 0. The summed E-state index contributed by atoms with van der Waals surface area (Å²) in [5, 5.41) is 0. The number of methoxy groups -OCH3 is 2. The van der Waals surface area contributed by atoms with E-state index in [4.69, 9.17) is 9.47 Å². The van der Waals surface area contributed by atoms with Crippen LogP contribution in [0.1, 0.15) is 18.4 Å². The van der Waals surface area contributed by atoms with Crippen LogP contribution in [0, 0.1) is 11.6 Å². The summed E-state index contributed by atoms with van der Waals surface area (Å²) in [6.45, 7) is 1.94. The standard InChI is InChI=1S/C26H28F2N2O4S/c1-33-24-9-12-26(34-2)19(17-24)18-29-15-13-23(14-16-29)30(22-7-3-20(27)4-8-22)35(31,32)25-10-5-21(28)6-11-25/h3-12,17,23H,13-16,18H2,1-2H3.